The molecule has 3 aromatic rings. The highest BCUT2D eigenvalue weighted by Crippen LogP contribution is 2.35. The first-order chi connectivity index (χ1) is 14.6. The Hall–Kier alpha value is -3.46. The van der Waals surface area contributed by atoms with Gasteiger partial charge < -0.3 is 9.42 Å². The fourth-order valence-corrected chi connectivity index (χ4v) is 4.04. The largest absolute Gasteiger partial charge is 0.356 e. The lowest BCUT2D eigenvalue weighted by Crippen LogP contribution is -2.44. The Balaban J connectivity index is 1.37. The van der Waals surface area contributed by atoms with Gasteiger partial charge in [0.05, 0.1) is 17.7 Å². The van der Waals surface area contributed by atoms with E-state index in [1.54, 1.807) is 18.3 Å². The molecule has 4 rings (SSSR count). The molecule has 0 unspecified atom stereocenters. The molecule has 6 heteroatoms. The summed E-state index contributed by atoms with van der Waals surface area (Å²) >= 11 is 0. The summed E-state index contributed by atoms with van der Waals surface area (Å²) in [5.41, 5.74) is 2.05. The molecule has 2 heterocycles. The van der Waals surface area contributed by atoms with Crippen molar-refractivity contribution in [3.63, 3.8) is 0 Å². The summed E-state index contributed by atoms with van der Waals surface area (Å²) in [5, 5.41) is 13.7. The Bertz CT molecular complexity index is 1050. The molecule has 1 aliphatic rings. The van der Waals surface area contributed by atoms with Crippen molar-refractivity contribution in [1.82, 2.24) is 10.1 Å². The molecule has 0 saturated carbocycles. The topological polar surface area (TPSA) is 70.1 Å². The van der Waals surface area contributed by atoms with Crippen molar-refractivity contribution >= 4 is 5.91 Å². The molecule has 0 radical (unpaired) electrons. The van der Waals surface area contributed by atoms with E-state index in [0.717, 1.165) is 16.7 Å². The van der Waals surface area contributed by atoms with E-state index in [2.05, 4.69) is 11.2 Å². The molecule has 2 aromatic carbocycles. The van der Waals surface area contributed by atoms with E-state index in [4.69, 9.17) is 4.52 Å². The van der Waals surface area contributed by atoms with Gasteiger partial charge in [-0.05, 0) is 49.1 Å². The first-order valence-electron chi connectivity index (χ1n) is 10.1. The van der Waals surface area contributed by atoms with Crippen LogP contribution < -0.4 is 0 Å². The lowest BCUT2D eigenvalue weighted by atomic mass is 9.74. The van der Waals surface area contributed by atoms with Crippen molar-refractivity contribution in [3.05, 3.63) is 77.7 Å². The summed E-state index contributed by atoms with van der Waals surface area (Å²) in [6.07, 6.45) is 3.70. The van der Waals surface area contributed by atoms with Gasteiger partial charge in [0.1, 0.15) is 5.82 Å². The highest BCUT2D eigenvalue weighted by Gasteiger charge is 2.37. The normalized spacial score (nSPS) is 15.5. The van der Waals surface area contributed by atoms with Gasteiger partial charge in [-0.15, -0.1) is 0 Å². The molecule has 1 amide bonds. The van der Waals surface area contributed by atoms with Crippen LogP contribution >= 0.6 is 0 Å². The number of halogens is 1. The number of piperidine rings is 1. The highest BCUT2D eigenvalue weighted by molar-refractivity contribution is 5.77. The number of likely N-dealkylation sites (tertiary alicyclic amines) is 1. The summed E-state index contributed by atoms with van der Waals surface area (Å²) in [4.78, 5) is 14.6. The lowest BCUT2D eigenvalue weighted by molar-refractivity contribution is -0.132. The number of hydrogen-bond acceptors (Lipinski definition) is 4. The van der Waals surface area contributed by atoms with Crippen LogP contribution in [-0.2, 0) is 16.6 Å². The summed E-state index contributed by atoms with van der Waals surface area (Å²) in [6.45, 7) is 1.13. The molecule has 0 N–H and O–H groups in total. The predicted octanol–water partition coefficient (Wildman–Crippen LogP) is 4.50. The van der Waals surface area contributed by atoms with E-state index in [-0.39, 0.29) is 11.7 Å². The molecule has 30 heavy (non-hydrogen) atoms. The molecule has 0 spiro atoms. The van der Waals surface area contributed by atoms with Crippen LogP contribution in [-0.4, -0.2) is 29.1 Å². The number of aromatic nitrogens is 1. The van der Waals surface area contributed by atoms with Crippen LogP contribution in [0.2, 0.25) is 0 Å². The van der Waals surface area contributed by atoms with Gasteiger partial charge in [-0.2, -0.15) is 5.26 Å². The monoisotopic (exact) mass is 403 g/mol. The van der Waals surface area contributed by atoms with Gasteiger partial charge in [0.2, 0.25) is 5.91 Å². The third-order valence-electron chi connectivity index (χ3n) is 5.87. The molecule has 1 aliphatic heterocycles. The highest BCUT2D eigenvalue weighted by atomic mass is 19.1. The Morgan fingerprint density at radius 3 is 2.50 bits per heavy atom. The van der Waals surface area contributed by atoms with E-state index in [1.807, 2.05) is 35.2 Å². The molecular weight excluding hydrogens is 381 g/mol. The summed E-state index contributed by atoms with van der Waals surface area (Å²) in [5.74, 6) is 0.305. The summed E-state index contributed by atoms with van der Waals surface area (Å²) in [6, 6.07) is 18.3. The first kappa shape index (κ1) is 19.8. The van der Waals surface area contributed by atoms with Crippen LogP contribution in [0.4, 0.5) is 4.39 Å². The maximum absolute atomic E-state index is 13.2. The molecule has 0 atom stereocenters. The summed E-state index contributed by atoms with van der Waals surface area (Å²) < 4.78 is 18.5. The standard InChI is InChI=1S/C24H22FN3O2/c25-21-9-6-18(7-10-21)23-19(16-27-30-23)8-11-22(29)28-14-12-24(17-26,13-15-28)20-4-2-1-3-5-20/h1-7,9-10,16H,8,11-15H2. The number of carbonyl (C=O) groups is 1. The maximum atomic E-state index is 13.2. The second-order valence-corrected chi connectivity index (χ2v) is 7.63. The fraction of sp³-hybridized carbons (Fsp3) is 0.292. The molecule has 0 aliphatic carbocycles. The maximum Gasteiger partial charge on any atom is 0.222 e. The number of rotatable bonds is 5. The number of amides is 1. The van der Waals surface area contributed by atoms with Crippen molar-refractivity contribution in [1.29, 1.82) is 5.26 Å². The van der Waals surface area contributed by atoms with Crippen molar-refractivity contribution in [2.24, 2.45) is 0 Å². The molecular formula is C24H22FN3O2. The Morgan fingerprint density at radius 1 is 1.13 bits per heavy atom. The average molecular weight is 403 g/mol. The molecule has 5 nitrogen and oxygen atoms in total. The van der Waals surface area contributed by atoms with Crippen molar-refractivity contribution in [2.45, 2.75) is 31.1 Å². The van der Waals surface area contributed by atoms with Crippen LogP contribution in [0.5, 0.6) is 0 Å². The number of benzene rings is 2. The van der Waals surface area contributed by atoms with Crippen LogP contribution in [0.25, 0.3) is 11.3 Å². The van der Waals surface area contributed by atoms with E-state index >= 15 is 0 Å². The van der Waals surface area contributed by atoms with Crippen LogP contribution in [0, 0.1) is 17.1 Å². The summed E-state index contributed by atoms with van der Waals surface area (Å²) in [7, 11) is 0. The zero-order chi connectivity index (χ0) is 21.0. The number of aryl methyl sites for hydroxylation is 1. The van der Waals surface area contributed by atoms with E-state index in [9.17, 15) is 14.4 Å². The van der Waals surface area contributed by atoms with Gasteiger partial charge in [0.25, 0.3) is 0 Å². The van der Waals surface area contributed by atoms with Crippen molar-refractivity contribution in [2.75, 3.05) is 13.1 Å². The molecule has 1 aromatic heterocycles. The minimum atomic E-state index is -0.526. The van der Waals surface area contributed by atoms with Gasteiger partial charge in [-0.25, -0.2) is 4.39 Å². The number of nitrogens with zero attached hydrogens (tertiary/aromatic N) is 3. The van der Waals surface area contributed by atoms with Crippen molar-refractivity contribution < 1.29 is 13.7 Å². The molecule has 0 bridgehead atoms. The van der Waals surface area contributed by atoms with E-state index < -0.39 is 5.41 Å². The number of hydrogen-bond donors (Lipinski definition) is 0. The van der Waals surface area contributed by atoms with Crippen LogP contribution in [0.1, 0.15) is 30.4 Å². The predicted molar refractivity (Wildman–Crippen MR) is 110 cm³/mol. The second-order valence-electron chi connectivity index (χ2n) is 7.63. The molecule has 1 saturated heterocycles. The SMILES string of the molecule is N#CC1(c2ccccc2)CCN(C(=O)CCc2cnoc2-c2ccc(F)cc2)CC1. The minimum absolute atomic E-state index is 0.0563. The zero-order valence-electron chi connectivity index (χ0n) is 16.6. The van der Waals surface area contributed by atoms with Gasteiger partial charge in [0.15, 0.2) is 5.76 Å². The fourth-order valence-electron chi connectivity index (χ4n) is 4.04. The Morgan fingerprint density at radius 2 is 1.83 bits per heavy atom. The molecule has 1 fully saturated rings. The minimum Gasteiger partial charge on any atom is -0.356 e. The van der Waals surface area contributed by atoms with Crippen molar-refractivity contribution in [3.8, 4) is 17.4 Å². The number of carbonyl (C=O) groups excluding carboxylic acids is 1. The second kappa shape index (κ2) is 8.50. The van der Waals surface area contributed by atoms with Gasteiger partial charge in [-0.3, -0.25) is 4.79 Å². The van der Waals surface area contributed by atoms with E-state index in [0.29, 0.717) is 44.5 Å². The quantitative estimate of drug-likeness (QED) is 0.629. The average Bonchev–Trinajstić information content (AvgIpc) is 3.27. The lowest BCUT2D eigenvalue weighted by Gasteiger charge is -2.37. The molecule has 152 valence electrons. The Labute approximate surface area is 174 Å². The van der Waals surface area contributed by atoms with Gasteiger partial charge >= 0.3 is 0 Å². The number of nitriles is 1. The third kappa shape index (κ3) is 3.97. The van der Waals surface area contributed by atoms with Crippen LogP contribution in [0.15, 0.2) is 65.3 Å². The smallest absolute Gasteiger partial charge is 0.222 e. The Kier molecular flexibility index (Phi) is 5.62. The van der Waals surface area contributed by atoms with Gasteiger partial charge in [0, 0.05) is 30.6 Å². The zero-order valence-corrected chi connectivity index (χ0v) is 16.6. The van der Waals surface area contributed by atoms with Crippen LogP contribution in [0.3, 0.4) is 0 Å². The first-order valence-corrected chi connectivity index (χ1v) is 10.1. The third-order valence-corrected chi connectivity index (χ3v) is 5.87. The van der Waals surface area contributed by atoms with Gasteiger partial charge in [-0.1, -0.05) is 35.5 Å². The van der Waals surface area contributed by atoms with E-state index in [1.165, 1.54) is 12.1 Å².